The molecule has 110 valence electrons. The molecule has 1 aromatic rings. The monoisotopic (exact) mass is 303 g/mol. The Morgan fingerprint density at radius 3 is 2.19 bits per heavy atom. The van der Waals surface area contributed by atoms with Crippen molar-refractivity contribution in [3.05, 3.63) is 29.8 Å². The van der Waals surface area contributed by atoms with Crippen molar-refractivity contribution in [2.45, 2.75) is 37.6 Å². The summed E-state index contributed by atoms with van der Waals surface area (Å²) in [5.41, 5.74) is 0.803. The standard InChI is InChI=1S/C14H19NO4S.Li/c1-14(2,3)20(18)15-11(12(15)13(16)17)9-5-7-10(19-4)8-6-9;/h5-8,11-12H,1-4H3,(H,16,17);/q;+1/p-1/t11-,12-,15?,20-;/m0./s1. The number of ether oxygens (including phenoxy) is 1. The summed E-state index contributed by atoms with van der Waals surface area (Å²) in [5.74, 6) is -0.494. The molecule has 1 heterocycles. The van der Waals surface area contributed by atoms with Crippen molar-refractivity contribution in [3.8, 4) is 5.75 Å². The van der Waals surface area contributed by atoms with Crippen molar-refractivity contribution in [1.29, 1.82) is 0 Å². The first-order chi connectivity index (χ1) is 9.27. The van der Waals surface area contributed by atoms with E-state index in [1.165, 1.54) is 4.31 Å². The van der Waals surface area contributed by atoms with Gasteiger partial charge in [-0.05, 0) is 38.5 Å². The van der Waals surface area contributed by atoms with Gasteiger partial charge in [0.15, 0.2) is 0 Å². The Labute approximate surface area is 139 Å². The van der Waals surface area contributed by atoms with Gasteiger partial charge in [0.2, 0.25) is 0 Å². The Morgan fingerprint density at radius 1 is 1.29 bits per heavy atom. The number of carboxylic acid groups (broad SMARTS) is 1. The van der Waals surface area contributed by atoms with E-state index in [-0.39, 0.29) is 18.9 Å². The summed E-state index contributed by atoms with van der Waals surface area (Å²) in [7, 11) is 0.182. The molecule has 1 aliphatic rings. The fourth-order valence-corrected chi connectivity index (χ4v) is 3.53. The second-order valence-electron chi connectivity index (χ2n) is 5.70. The van der Waals surface area contributed by atoms with Gasteiger partial charge in [-0.3, -0.25) is 0 Å². The quantitative estimate of drug-likeness (QED) is 0.461. The number of aliphatic carboxylic acids is 1. The van der Waals surface area contributed by atoms with Crippen LogP contribution in [0.3, 0.4) is 0 Å². The van der Waals surface area contributed by atoms with Crippen LogP contribution >= 0.6 is 0 Å². The second-order valence-corrected chi connectivity index (χ2v) is 7.85. The maximum absolute atomic E-state index is 12.4. The molecule has 1 aromatic carbocycles. The Bertz CT molecular complexity index is 541. The van der Waals surface area contributed by atoms with Crippen LogP contribution < -0.4 is 28.7 Å². The number of carboxylic acids is 1. The predicted molar refractivity (Wildman–Crippen MR) is 74.3 cm³/mol. The Kier molecular flexibility index (Phi) is 5.68. The van der Waals surface area contributed by atoms with E-state index >= 15 is 0 Å². The first kappa shape index (κ1) is 18.2. The largest absolute Gasteiger partial charge is 1.00 e. The first-order valence-electron chi connectivity index (χ1n) is 6.32. The molecule has 1 saturated heterocycles. The molecule has 4 atom stereocenters. The van der Waals surface area contributed by atoms with Gasteiger partial charge in [0.25, 0.3) is 0 Å². The third-order valence-corrected chi connectivity index (χ3v) is 5.06. The van der Waals surface area contributed by atoms with Gasteiger partial charge in [0.05, 0.1) is 29.9 Å². The van der Waals surface area contributed by atoms with Crippen LogP contribution in [0.25, 0.3) is 0 Å². The van der Waals surface area contributed by atoms with Gasteiger partial charge < -0.3 is 14.6 Å². The summed E-state index contributed by atoms with van der Waals surface area (Å²) in [6.45, 7) is 5.45. The molecule has 5 nitrogen and oxygen atoms in total. The van der Waals surface area contributed by atoms with Crippen LogP contribution in [-0.2, 0) is 15.8 Å². The molecule has 0 amide bonds. The van der Waals surface area contributed by atoms with E-state index in [1.807, 2.05) is 20.8 Å². The number of rotatable bonds is 4. The zero-order chi connectivity index (χ0) is 15.1. The van der Waals surface area contributed by atoms with Gasteiger partial charge in [-0.2, -0.15) is 0 Å². The number of carbonyl (C=O) groups excluding carboxylic acids is 1. The average molecular weight is 303 g/mol. The molecule has 2 rings (SSSR count). The summed E-state index contributed by atoms with van der Waals surface area (Å²) in [4.78, 5) is 11.2. The number of methoxy groups -OCH3 is 1. The maximum atomic E-state index is 12.4. The fraction of sp³-hybridized carbons (Fsp3) is 0.500. The minimum absolute atomic E-state index is 0. The van der Waals surface area contributed by atoms with Crippen molar-refractivity contribution in [2.24, 2.45) is 0 Å². The van der Waals surface area contributed by atoms with E-state index < -0.39 is 33.8 Å². The fourth-order valence-electron chi connectivity index (χ4n) is 2.10. The zero-order valence-electron chi connectivity index (χ0n) is 13.0. The van der Waals surface area contributed by atoms with Crippen molar-refractivity contribution in [2.75, 3.05) is 7.11 Å². The molecule has 7 heteroatoms. The second kappa shape index (κ2) is 6.53. The summed E-state index contributed by atoms with van der Waals surface area (Å²) in [6, 6.07) is 5.88. The van der Waals surface area contributed by atoms with Crippen molar-refractivity contribution in [3.63, 3.8) is 0 Å². The Hall–Kier alpha value is -0.803. The van der Waals surface area contributed by atoms with Crippen LogP contribution in [0.15, 0.2) is 24.3 Å². The molecule has 0 N–H and O–H groups in total. The third-order valence-electron chi connectivity index (χ3n) is 3.17. The molecular weight excluding hydrogens is 285 g/mol. The SMILES string of the molecule is COc1ccc([C@H]2[C@@H](C(=O)[O-])N2[S@@](=O)C(C)(C)C)cc1.[Li+]. The molecule has 0 aliphatic carbocycles. The zero-order valence-corrected chi connectivity index (χ0v) is 13.8. The van der Waals surface area contributed by atoms with Gasteiger partial charge in [-0.15, -0.1) is 0 Å². The van der Waals surface area contributed by atoms with Gasteiger partial charge >= 0.3 is 18.9 Å². The number of carbonyl (C=O) groups is 1. The minimum Gasteiger partial charge on any atom is -0.548 e. The summed E-state index contributed by atoms with van der Waals surface area (Å²) >= 11 is 0. The molecule has 0 bridgehead atoms. The van der Waals surface area contributed by atoms with Crippen molar-refractivity contribution < 1.29 is 37.7 Å². The molecule has 0 aromatic heterocycles. The van der Waals surface area contributed by atoms with E-state index in [2.05, 4.69) is 0 Å². The first-order valence-corrected chi connectivity index (χ1v) is 7.43. The van der Waals surface area contributed by atoms with Gasteiger partial charge in [-0.25, -0.2) is 8.51 Å². The van der Waals surface area contributed by atoms with E-state index in [4.69, 9.17) is 4.74 Å². The molecule has 1 aliphatic heterocycles. The molecule has 1 fully saturated rings. The van der Waals surface area contributed by atoms with E-state index in [0.717, 1.165) is 5.56 Å². The smallest absolute Gasteiger partial charge is 0.548 e. The topological polar surface area (TPSA) is 69.4 Å². The minimum atomic E-state index is -1.39. The van der Waals surface area contributed by atoms with E-state index in [0.29, 0.717) is 5.75 Å². The van der Waals surface area contributed by atoms with Gasteiger partial charge in [-0.1, -0.05) is 12.1 Å². The van der Waals surface area contributed by atoms with Crippen LogP contribution in [0.2, 0.25) is 0 Å². The van der Waals surface area contributed by atoms with Gasteiger partial charge in [0, 0.05) is 0 Å². The molecule has 21 heavy (non-hydrogen) atoms. The summed E-state index contributed by atoms with van der Waals surface area (Å²) < 4.78 is 18.4. The van der Waals surface area contributed by atoms with Crippen LogP contribution in [0.4, 0.5) is 0 Å². The van der Waals surface area contributed by atoms with E-state index in [1.54, 1.807) is 31.4 Å². The molecular formula is C14H18LiNO4S. The number of nitrogens with zero attached hydrogens (tertiary/aromatic N) is 1. The number of hydrogen-bond donors (Lipinski definition) is 0. The summed E-state index contributed by atoms with van der Waals surface area (Å²) in [6.07, 6.45) is 0. The third kappa shape index (κ3) is 3.70. The number of benzene rings is 1. The summed E-state index contributed by atoms with van der Waals surface area (Å²) in [5, 5.41) is 11.2. The van der Waals surface area contributed by atoms with E-state index in [9.17, 15) is 14.1 Å². The molecule has 0 spiro atoms. The maximum Gasteiger partial charge on any atom is 1.00 e. The van der Waals surface area contributed by atoms with Crippen LogP contribution in [-0.4, -0.2) is 32.4 Å². The number of hydrogen-bond acceptors (Lipinski definition) is 4. The Balaban J connectivity index is 0.00000220. The van der Waals surface area contributed by atoms with Crippen LogP contribution in [0.1, 0.15) is 32.4 Å². The predicted octanol–water partition coefficient (Wildman–Crippen LogP) is -2.36. The normalized spacial score (nSPS) is 25.6. The Morgan fingerprint density at radius 2 is 1.81 bits per heavy atom. The van der Waals surface area contributed by atoms with Crippen molar-refractivity contribution >= 4 is 17.0 Å². The molecule has 1 unspecified atom stereocenters. The van der Waals surface area contributed by atoms with Crippen molar-refractivity contribution in [1.82, 2.24) is 4.31 Å². The molecule has 0 saturated carbocycles. The van der Waals surface area contributed by atoms with Crippen LogP contribution in [0.5, 0.6) is 5.75 Å². The van der Waals surface area contributed by atoms with Crippen LogP contribution in [0, 0.1) is 0 Å². The van der Waals surface area contributed by atoms with Gasteiger partial charge in [0.1, 0.15) is 16.7 Å². The molecule has 0 radical (unpaired) electrons. The average Bonchev–Trinajstić information content (AvgIpc) is 3.12.